The van der Waals surface area contributed by atoms with Gasteiger partial charge in [0.15, 0.2) is 0 Å². The van der Waals surface area contributed by atoms with Gasteiger partial charge in [-0.1, -0.05) is 23.8 Å². The van der Waals surface area contributed by atoms with Crippen LogP contribution in [0.5, 0.6) is 0 Å². The number of aryl methyl sites for hydroxylation is 1. The number of fused-ring (bicyclic) bond motifs is 1. The fraction of sp³-hybridized carbons (Fsp3) is 0.588. The zero-order chi connectivity index (χ0) is 14.3. The van der Waals surface area contributed by atoms with Gasteiger partial charge in [0.25, 0.3) is 0 Å². The first-order chi connectivity index (χ1) is 9.49. The maximum absolute atomic E-state index is 12.5. The van der Waals surface area contributed by atoms with Crippen LogP contribution >= 0.6 is 0 Å². The van der Waals surface area contributed by atoms with E-state index in [9.17, 15) is 10.0 Å². The van der Waals surface area contributed by atoms with E-state index in [4.69, 9.17) is 0 Å². The molecule has 1 aromatic rings. The molecular formula is C17H24NO2+. The molecule has 1 aromatic carbocycles. The van der Waals surface area contributed by atoms with Crippen LogP contribution in [0.3, 0.4) is 0 Å². The predicted molar refractivity (Wildman–Crippen MR) is 77.3 cm³/mol. The van der Waals surface area contributed by atoms with E-state index in [2.05, 4.69) is 25.1 Å². The Bertz CT molecular complexity index is 540. The molecule has 0 spiro atoms. The maximum atomic E-state index is 12.5. The van der Waals surface area contributed by atoms with Crippen LogP contribution in [0, 0.1) is 12.8 Å². The van der Waals surface area contributed by atoms with Crippen molar-refractivity contribution >= 4 is 5.91 Å². The van der Waals surface area contributed by atoms with Crippen LogP contribution in [0.1, 0.15) is 42.9 Å². The number of likely N-dealkylation sites (tertiary alicyclic amines) is 1. The van der Waals surface area contributed by atoms with Crippen LogP contribution in [0.4, 0.5) is 0 Å². The second kappa shape index (κ2) is 4.97. The van der Waals surface area contributed by atoms with Crippen LogP contribution < -0.4 is 0 Å². The standard InChI is InChI=1S/C17H24NO2/c1-12-5-6-15-9-14(10-16(15)8-12)11-17(19)18(20)7-3-4-13(18)2/h5-6,8,13-14,20H,3-4,7,9-11H2,1-2H3/q+1/t13?,14-,18+/m1/s1. The lowest BCUT2D eigenvalue weighted by Crippen LogP contribution is -2.52. The van der Waals surface area contributed by atoms with Crippen molar-refractivity contribution in [2.24, 2.45) is 5.92 Å². The molecule has 1 unspecified atom stereocenters. The smallest absolute Gasteiger partial charge is 0.227 e. The highest BCUT2D eigenvalue weighted by Gasteiger charge is 2.46. The molecule has 3 heteroatoms. The summed E-state index contributed by atoms with van der Waals surface area (Å²) in [6, 6.07) is 6.64. The Balaban J connectivity index is 1.67. The molecule has 1 heterocycles. The zero-order valence-corrected chi connectivity index (χ0v) is 12.4. The zero-order valence-electron chi connectivity index (χ0n) is 12.4. The fourth-order valence-corrected chi connectivity index (χ4v) is 3.82. The fourth-order valence-electron chi connectivity index (χ4n) is 3.82. The third-order valence-corrected chi connectivity index (χ3v) is 5.12. The van der Waals surface area contributed by atoms with Gasteiger partial charge in [-0.25, -0.2) is 10.0 Å². The average Bonchev–Trinajstić information content (AvgIpc) is 2.94. The lowest BCUT2D eigenvalue weighted by atomic mass is 10.0. The predicted octanol–water partition coefficient (Wildman–Crippen LogP) is 3.01. The highest BCUT2D eigenvalue weighted by molar-refractivity contribution is 5.69. The van der Waals surface area contributed by atoms with Crippen molar-refractivity contribution in [3.63, 3.8) is 0 Å². The number of hydroxylamine groups is 3. The van der Waals surface area contributed by atoms with E-state index in [0.717, 1.165) is 25.7 Å². The number of rotatable bonds is 2. The summed E-state index contributed by atoms with van der Waals surface area (Å²) in [5, 5.41) is 10.5. The van der Waals surface area contributed by atoms with Crippen molar-refractivity contribution in [3.05, 3.63) is 34.9 Å². The molecular weight excluding hydrogens is 250 g/mol. The Kier molecular flexibility index (Phi) is 3.43. The first-order valence-electron chi connectivity index (χ1n) is 7.71. The Morgan fingerprint density at radius 1 is 1.35 bits per heavy atom. The molecule has 108 valence electrons. The highest BCUT2D eigenvalue weighted by Crippen LogP contribution is 2.32. The summed E-state index contributed by atoms with van der Waals surface area (Å²) in [6.07, 6.45) is 4.38. The van der Waals surface area contributed by atoms with Gasteiger partial charge in [0.2, 0.25) is 0 Å². The van der Waals surface area contributed by atoms with Crippen molar-refractivity contribution in [1.29, 1.82) is 0 Å². The van der Waals surface area contributed by atoms with Crippen LogP contribution in [-0.4, -0.2) is 28.3 Å². The molecule has 0 radical (unpaired) electrons. The second-order valence-corrected chi connectivity index (χ2v) is 6.69. The van der Waals surface area contributed by atoms with Crippen molar-refractivity contribution in [1.82, 2.24) is 0 Å². The van der Waals surface area contributed by atoms with Gasteiger partial charge in [0, 0.05) is 12.8 Å². The Labute approximate surface area is 120 Å². The highest BCUT2D eigenvalue weighted by atomic mass is 16.6. The van der Waals surface area contributed by atoms with Gasteiger partial charge in [-0.3, -0.25) is 0 Å². The number of quaternary nitrogens is 1. The number of hydrogen-bond donors (Lipinski definition) is 1. The summed E-state index contributed by atoms with van der Waals surface area (Å²) in [7, 11) is 0. The van der Waals surface area contributed by atoms with Crippen LogP contribution in [0.2, 0.25) is 0 Å². The molecule has 1 saturated heterocycles. The van der Waals surface area contributed by atoms with E-state index in [-0.39, 0.29) is 16.6 Å². The van der Waals surface area contributed by atoms with Crippen LogP contribution in [0.25, 0.3) is 0 Å². The minimum Gasteiger partial charge on any atom is -0.227 e. The van der Waals surface area contributed by atoms with Crippen LogP contribution in [-0.2, 0) is 17.6 Å². The monoisotopic (exact) mass is 274 g/mol. The summed E-state index contributed by atoms with van der Waals surface area (Å²) in [4.78, 5) is 12.5. The molecule has 1 amide bonds. The number of hydrogen-bond acceptors (Lipinski definition) is 2. The van der Waals surface area contributed by atoms with Gasteiger partial charge in [-0.2, -0.15) is 0 Å². The molecule has 2 aliphatic rings. The Morgan fingerprint density at radius 2 is 2.10 bits per heavy atom. The number of benzene rings is 1. The summed E-state index contributed by atoms with van der Waals surface area (Å²) in [5.41, 5.74) is 4.06. The third-order valence-electron chi connectivity index (χ3n) is 5.12. The van der Waals surface area contributed by atoms with Crippen molar-refractivity contribution < 1.29 is 14.6 Å². The van der Waals surface area contributed by atoms with E-state index in [1.165, 1.54) is 16.7 Å². The minimum absolute atomic E-state index is 0.0181. The third kappa shape index (κ3) is 2.29. The molecule has 1 N–H and O–H groups in total. The summed E-state index contributed by atoms with van der Waals surface area (Å²) in [5.74, 6) is 0.388. The summed E-state index contributed by atoms with van der Waals surface area (Å²) >= 11 is 0. The van der Waals surface area contributed by atoms with Gasteiger partial charge < -0.3 is 0 Å². The van der Waals surface area contributed by atoms with Gasteiger partial charge in [-0.15, -0.1) is 4.65 Å². The first kappa shape index (κ1) is 13.8. The molecule has 3 rings (SSSR count). The average molecular weight is 274 g/mol. The molecule has 1 aliphatic carbocycles. The second-order valence-electron chi connectivity index (χ2n) is 6.69. The van der Waals surface area contributed by atoms with Crippen molar-refractivity contribution in [2.45, 2.75) is 52.0 Å². The quantitative estimate of drug-likeness (QED) is 0.665. The number of carbonyl (C=O) groups is 1. The minimum atomic E-state index is -0.328. The van der Waals surface area contributed by atoms with E-state index >= 15 is 0 Å². The SMILES string of the molecule is Cc1ccc2c(c1)C[C@H](CC(=O)[N@+]1(O)CCCC1C)C2. The first-order valence-corrected chi connectivity index (χ1v) is 7.71. The number of carbonyl (C=O) groups excluding carboxylic acids is 1. The normalized spacial score (nSPS) is 32.4. The molecule has 0 saturated carbocycles. The largest absolute Gasteiger partial charge is 0.346 e. The number of amides is 1. The number of nitrogens with zero attached hydrogens (tertiary/aromatic N) is 1. The summed E-state index contributed by atoms with van der Waals surface area (Å²) < 4.78 is -0.328. The topological polar surface area (TPSA) is 37.3 Å². The molecule has 0 aromatic heterocycles. The summed E-state index contributed by atoms with van der Waals surface area (Å²) in [6.45, 7) is 4.69. The molecule has 0 bridgehead atoms. The molecule has 1 fully saturated rings. The Morgan fingerprint density at radius 3 is 2.80 bits per heavy atom. The Hall–Kier alpha value is -1.19. The molecule has 20 heavy (non-hydrogen) atoms. The van der Waals surface area contributed by atoms with E-state index in [1.807, 2.05) is 6.92 Å². The van der Waals surface area contributed by atoms with Gasteiger partial charge in [0.05, 0.1) is 6.42 Å². The molecule has 1 aliphatic heterocycles. The van der Waals surface area contributed by atoms with Gasteiger partial charge in [0.1, 0.15) is 12.6 Å². The molecule has 3 atom stereocenters. The van der Waals surface area contributed by atoms with E-state index in [0.29, 0.717) is 18.9 Å². The molecule has 3 nitrogen and oxygen atoms in total. The van der Waals surface area contributed by atoms with Crippen LogP contribution in [0.15, 0.2) is 18.2 Å². The van der Waals surface area contributed by atoms with Gasteiger partial charge >= 0.3 is 5.91 Å². The van der Waals surface area contributed by atoms with Crippen molar-refractivity contribution in [2.75, 3.05) is 6.54 Å². The lowest BCUT2D eigenvalue weighted by molar-refractivity contribution is -1.05. The van der Waals surface area contributed by atoms with E-state index in [1.54, 1.807) is 0 Å². The van der Waals surface area contributed by atoms with Gasteiger partial charge in [-0.05, 0) is 43.7 Å². The van der Waals surface area contributed by atoms with E-state index < -0.39 is 0 Å². The maximum Gasteiger partial charge on any atom is 0.346 e. The van der Waals surface area contributed by atoms with Crippen molar-refractivity contribution in [3.8, 4) is 0 Å². The lowest BCUT2D eigenvalue weighted by Gasteiger charge is -2.27.